The zero-order valence-corrected chi connectivity index (χ0v) is 16.1. The number of halogens is 2. The first-order chi connectivity index (χ1) is 9.53. The third-order valence-electron chi connectivity index (χ3n) is 4.05. The van der Waals surface area contributed by atoms with Gasteiger partial charge in [-0.05, 0) is 28.8 Å². The van der Waals surface area contributed by atoms with Gasteiger partial charge in [-0.2, -0.15) is 0 Å². The average Bonchev–Trinajstić information content (AvgIpc) is 2.76. The minimum absolute atomic E-state index is 0.122. The Morgan fingerprint density at radius 1 is 0.950 bits per heavy atom. The van der Waals surface area contributed by atoms with Crippen molar-refractivity contribution in [1.82, 2.24) is 4.98 Å². The van der Waals surface area contributed by atoms with Crippen LogP contribution in [0.4, 0.5) is 0 Å². The predicted molar refractivity (Wildman–Crippen MR) is 92.2 cm³/mol. The van der Waals surface area contributed by atoms with Gasteiger partial charge in [0.15, 0.2) is 4.67 Å². The molecule has 0 spiro atoms. The van der Waals surface area contributed by atoms with Crippen molar-refractivity contribution in [3.05, 3.63) is 15.2 Å². The highest BCUT2D eigenvalue weighted by molar-refractivity contribution is 9.11. The Kier molecular flexibility index (Phi) is 8.42. The maximum atomic E-state index is 5.51. The normalized spacial score (nSPS) is 14.4. The van der Waals surface area contributed by atoms with E-state index in [0.717, 1.165) is 10.4 Å². The molecule has 0 amide bonds. The van der Waals surface area contributed by atoms with E-state index in [1.807, 2.05) is 0 Å². The number of unbranched alkanes of at least 4 members (excludes halogenated alkanes) is 5. The van der Waals surface area contributed by atoms with Crippen molar-refractivity contribution in [3.8, 4) is 0 Å². The van der Waals surface area contributed by atoms with Crippen LogP contribution < -0.4 is 0 Å². The molecule has 1 atom stereocenters. The number of nitrogens with zero attached hydrogens (tertiary/aromatic N) is 1. The van der Waals surface area contributed by atoms with Gasteiger partial charge in [0.2, 0.25) is 0 Å². The van der Waals surface area contributed by atoms with Gasteiger partial charge in [0.05, 0.1) is 0 Å². The van der Waals surface area contributed by atoms with Crippen LogP contribution in [0.15, 0.2) is 13.9 Å². The molecule has 1 aromatic heterocycles. The van der Waals surface area contributed by atoms with Crippen molar-refractivity contribution in [2.45, 2.75) is 84.0 Å². The van der Waals surface area contributed by atoms with Crippen LogP contribution in [0.25, 0.3) is 0 Å². The molecular formula is C16H27Br2NO. The monoisotopic (exact) mass is 407 g/mol. The van der Waals surface area contributed by atoms with Gasteiger partial charge in [0.1, 0.15) is 5.69 Å². The summed E-state index contributed by atoms with van der Waals surface area (Å²) in [4.78, 5) is 5.13. The van der Waals surface area contributed by atoms with E-state index in [4.69, 9.17) is 4.42 Å². The summed E-state index contributed by atoms with van der Waals surface area (Å²) in [5, 5.41) is 0. The summed E-state index contributed by atoms with van der Waals surface area (Å²) in [5.74, 6) is 0. The SMILES string of the molecule is CCCCCCCC(C)(CCCC)c1nc(Br)oc1Br. The van der Waals surface area contributed by atoms with Crippen LogP contribution >= 0.6 is 31.9 Å². The van der Waals surface area contributed by atoms with E-state index >= 15 is 0 Å². The smallest absolute Gasteiger partial charge is 0.265 e. The first-order valence-electron chi connectivity index (χ1n) is 7.85. The Labute approximate surface area is 140 Å². The second kappa shape index (κ2) is 9.24. The highest BCUT2D eigenvalue weighted by Crippen LogP contribution is 2.39. The van der Waals surface area contributed by atoms with Crippen LogP contribution in [0.3, 0.4) is 0 Å². The van der Waals surface area contributed by atoms with Gasteiger partial charge >= 0.3 is 0 Å². The fraction of sp³-hybridized carbons (Fsp3) is 0.812. The fourth-order valence-electron chi connectivity index (χ4n) is 2.70. The summed E-state index contributed by atoms with van der Waals surface area (Å²) in [5.41, 5.74) is 1.20. The van der Waals surface area contributed by atoms with Gasteiger partial charge in [-0.25, -0.2) is 4.98 Å². The summed E-state index contributed by atoms with van der Waals surface area (Å²) >= 11 is 6.86. The Balaban J connectivity index is 2.68. The molecule has 0 aliphatic rings. The average molecular weight is 409 g/mol. The summed E-state index contributed by atoms with van der Waals surface area (Å²) in [6.45, 7) is 6.84. The zero-order chi connectivity index (χ0) is 15.0. The molecule has 0 bridgehead atoms. The highest BCUT2D eigenvalue weighted by Gasteiger charge is 2.31. The minimum Gasteiger partial charge on any atom is -0.424 e. The van der Waals surface area contributed by atoms with E-state index in [0.29, 0.717) is 4.80 Å². The standard InChI is InChI=1S/C16H27Br2NO/c1-4-6-8-9-10-12-16(3,11-7-5-2)13-14(17)20-15(18)19-13/h4-12H2,1-3H3. The number of hydrogen-bond acceptors (Lipinski definition) is 2. The van der Waals surface area contributed by atoms with Crippen molar-refractivity contribution >= 4 is 31.9 Å². The van der Waals surface area contributed by atoms with Crippen LogP contribution in [0.5, 0.6) is 0 Å². The van der Waals surface area contributed by atoms with Gasteiger partial charge < -0.3 is 4.42 Å². The van der Waals surface area contributed by atoms with Crippen LogP contribution in [-0.2, 0) is 5.41 Å². The third kappa shape index (κ3) is 5.51. The van der Waals surface area contributed by atoms with Crippen LogP contribution in [0, 0.1) is 0 Å². The number of rotatable bonds is 10. The fourth-order valence-corrected chi connectivity index (χ4v) is 3.97. The molecule has 0 aliphatic heterocycles. The minimum atomic E-state index is 0.122. The largest absolute Gasteiger partial charge is 0.424 e. The van der Waals surface area contributed by atoms with Gasteiger partial charge in [-0.3, -0.25) is 0 Å². The molecule has 0 aliphatic carbocycles. The Hall–Kier alpha value is 0.170. The van der Waals surface area contributed by atoms with E-state index in [-0.39, 0.29) is 5.41 Å². The molecule has 20 heavy (non-hydrogen) atoms. The first-order valence-corrected chi connectivity index (χ1v) is 9.44. The molecule has 1 unspecified atom stereocenters. The van der Waals surface area contributed by atoms with Gasteiger partial charge in [-0.15, -0.1) is 0 Å². The molecule has 0 saturated carbocycles. The van der Waals surface area contributed by atoms with Crippen LogP contribution in [-0.4, -0.2) is 4.98 Å². The number of hydrogen-bond donors (Lipinski definition) is 0. The number of oxazole rings is 1. The van der Waals surface area contributed by atoms with E-state index < -0.39 is 0 Å². The Bertz CT molecular complexity index is 392. The summed E-state index contributed by atoms with van der Waals surface area (Å²) in [7, 11) is 0. The molecule has 2 nitrogen and oxygen atoms in total. The molecule has 0 fully saturated rings. The predicted octanol–water partition coefficient (Wildman–Crippen LogP) is 7.01. The van der Waals surface area contributed by atoms with Crippen LogP contribution in [0.2, 0.25) is 0 Å². The lowest BCUT2D eigenvalue weighted by Gasteiger charge is -2.28. The molecular weight excluding hydrogens is 382 g/mol. The maximum Gasteiger partial charge on any atom is 0.265 e. The lowest BCUT2D eigenvalue weighted by Crippen LogP contribution is -2.23. The molecule has 1 aromatic rings. The second-order valence-corrected chi connectivity index (χ2v) is 7.32. The summed E-state index contributed by atoms with van der Waals surface area (Å²) < 4.78 is 6.30. The molecule has 0 N–H and O–H groups in total. The molecule has 1 rings (SSSR count). The lowest BCUT2D eigenvalue weighted by atomic mass is 9.77. The van der Waals surface area contributed by atoms with Crippen molar-refractivity contribution in [2.75, 3.05) is 0 Å². The van der Waals surface area contributed by atoms with Crippen molar-refractivity contribution in [1.29, 1.82) is 0 Å². The quantitative estimate of drug-likeness (QED) is 0.389. The van der Waals surface area contributed by atoms with Crippen molar-refractivity contribution in [2.24, 2.45) is 0 Å². The molecule has 4 heteroatoms. The number of aromatic nitrogens is 1. The van der Waals surface area contributed by atoms with Crippen molar-refractivity contribution in [3.63, 3.8) is 0 Å². The third-order valence-corrected chi connectivity index (χ3v) is 4.92. The maximum absolute atomic E-state index is 5.51. The topological polar surface area (TPSA) is 26.0 Å². The first kappa shape index (κ1) is 18.2. The molecule has 0 radical (unpaired) electrons. The second-order valence-electron chi connectivity index (χ2n) is 5.92. The van der Waals surface area contributed by atoms with E-state index in [9.17, 15) is 0 Å². The van der Waals surface area contributed by atoms with Gasteiger partial charge in [0.25, 0.3) is 4.80 Å². The van der Waals surface area contributed by atoms with E-state index in [1.165, 1.54) is 57.8 Å². The lowest BCUT2D eigenvalue weighted by molar-refractivity contribution is 0.355. The summed E-state index contributed by atoms with van der Waals surface area (Å²) in [6, 6.07) is 0. The zero-order valence-electron chi connectivity index (χ0n) is 13.0. The van der Waals surface area contributed by atoms with Crippen LogP contribution in [0.1, 0.15) is 84.3 Å². The van der Waals surface area contributed by atoms with Gasteiger partial charge in [0, 0.05) is 21.3 Å². The molecule has 0 saturated heterocycles. The summed E-state index contributed by atoms with van der Waals surface area (Å²) in [6.07, 6.45) is 11.4. The Morgan fingerprint density at radius 3 is 2.10 bits per heavy atom. The molecule has 1 heterocycles. The Morgan fingerprint density at radius 2 is 1.55 bits per heavy atom. The van der Waals surface area contributed by atoms with Crippen molar-refractivity contribution < 1.29 is 4.42 Å². The highest BCUT2D eigenvalue weighted by atomic mass is 79.9. The molecule has 0 aromatic carbocycles. The van der Waals surface area contributed by atoms with E-state index in [1.54, 1.807) is 0 Å². The van der Waals surface area contributed by atoms with Gasteiger partial charge in [-0.1, -0.05) is 65.7 Å². The van der Waals surface area contributed by atoms with E-state index in [2.05, 4.69) is 57.6 Å². The molecule has 116 valence electrons.